The molecule has 0 aliphatic carbocycles. The molecule has 35 heavy (non-hydrogen) atoms. The fourth-order valence-electron chi connectivity index (χ4n) is 4.41. The fraction of sp³-hybridized carbons (Fsp3) is 0.185. The number of hydrogen-bond acceptors (Lipinski definition) is 5. The summed E-state index contributed by atoms with van der Waals surface area (Å²) in [5.41, 5.74) is 1.56. The minimum atomic E-state index is -3.57. The van der Waals surface area contributed by atoms with Crippen molar-refractivity contribution in [3.63, 3.8) is 0 Å². The van der Waals surface area contributed by atoms with Gasteiger partial charge in [0, 0.05) is 44.5 Å². The van der Waals surface area contributed by atoms with E-state index in [1.54, 1.807) is 18.2 Å². The molecule has 1 aliphatic rings. The Labute approximate surface area is 203 Å². The first-order chi connectivity index (χ1) is 16.9. The zero-order valence-electron chi connectivity index (χ0n) is 19.1. The van der Waals surface area contributed by atoms with Crippen LogP contribution in [0.5, 0.6) is 0 Å². The number of H-pyrrole nitrogens is 1. The maximum atomic E-state index is 13.2. The van der Waals surface area contributed by atoms with Crippen LogP contribution < -0.4 is 10.5 Å². The Morgan fingerprint density at radius 1 is 0.829 bits per heavy atom. The highest BCUT2D eigenvalue weighted by Gasteiger charge is 2.28. The lowest BCUT2D eigenvalue weighted by molar-refractivity contribution is 0.0991. The number of anilines is 1. The van der Waals surface area contributed by atoms with Crippen LogP contribution in [-0.4, -0.2) is 49.7 Å². The summed E-state index contributed by atoms with van der Waals surface area (Å²) in [5.74, 6) is -0.230. The van der Waals surface area contributed by atoms with E-state index in [0.717, 1.165) is 22.0 Å². The fourth-order valence-corrected chi connectivity index (χ4v) is 5.87. The van der Waals surface area contributed by atoms with Crippen LogP contribution in [0.1, 0.15) is 15.9 Å². The van der Waals surface area contributed by atoms with E-state index in [1.807, 2.05) is 54.6 Å². The molecule has 2 heterocycles. The van der Waals surface area contributed by atoms with Crippen molar-refractivity contribution in [3.05, 3.63) is 107 Å². The van der Waals surface area contributed by atoms with Crippen LogP contribution in [0.2, 0.25) is 0 Å². The van der Waals surface area contributed by atoms with E-state index in [9.17, 15) is 18.0 Å². The molecule has 8 heteroatoms. The lowest BCUT2D eigenvalue weighted by Crippen LogP contribution is -2.48. The molecule has 0 spiro atoms. The third kappa shape index (κ3) is 4.76. The summed E-state index contributed by atoms with van der Waals surface area (Å²) in [4.78, 5) is 29.3. The Kier molecular flexibility index (Phi) is 6.23. The van der Waals surface area contributed by atoms with Crippen molar-refractivity contribution in [2.45, 2.75) is 11.3 Å². The number of nitrogens with one attached hydrogen (secondary N) is 1. The van der Waals surface area contributed by atoms with Gasteiger partial charge >= 0.3 is 0 Å². The summed E-state index contributed by atoms with van der Waals surface area (Å²) >= 11 is 0. The lowest BCUT2D eigenvalue weighted by atomic mass is 10.0. The molecule has 1 saturated heterocycles. The van der Waals surface area contributed by atoms with Gasteiger partial charge in [-0.1, -0.05) is 42.5 Å². The zero-order valence-corrected chi connectivity index (χ0v) is 19.9. The molecular weight excluding hydrogens is 462 g/mol. The number of nitrogens with zero attached hydrogens (tertiary/aromatic N) is 2. The van der Waals surface area contributed by atoms with Gasteiger partial charge in [0.2, 0.25) is 10.0 Å². The Hall–Kier alpha value is -3.75. The standard InChI is InChI=1S/C27H25N3O4S/c31-26(25-6-3-13-28-27(25)32)18-20-7-10-23(11-8-20)29-14-16-30(17-15-29)35(33,34)24-12-9-21-4-1-2-5-22(21)19-24/h1-13,19H,14-18H2,(H,28,32). The number of aromatic amines is 1. The van der Waals surface area contributed by atoms with Gasteiger partial charge in [-0.3, -0.25) is 9.59 Å². The third-order valence-electron chi connectivity index (χ3n) is 6.38. The molecule has 1 N–H and O–H groups in total. The summed E-state index contributed by atoms with van der Waals surface area (Å²) < 4.78 is 28.0. The summed E-state index contributed by atoms with van der Waals surface area (Å²) in [6.45, 7) is 1.94. The highest BCUT2D eigenvalue weighted by molar-refractivity contribution is 7.89. The maximum Gasteiger partial charge on any atom is 0.258 e. The molecule has 0 radical (unpaired) electrons. The topological polar surface area (TPSA) is 90.6 Å². The van der Waals surface area contributed by atoms with Gasteiger partial charge < -0.3 is 9.88 Å². The molecule has 1 fully saturated rings. The van der Waals surface area contributed by atoms with Crippen molar-refractivity contribution in [2.75, 3.05) is 31.1 Å². The normalized spacial score (nSPS) is 14.8. The second kappa shape index (κ2) is 9.48. The predicted molar refractivity (Wildman–Crippen MR) is 136 cm³/mol. The second-order valence-electron chi connectivity index (χ2n) is 8.58. The Morgan fingerprint density at radius 2 is 1.54 bits per heavy atom. The summed E-state index contributed by atoms with van der Waals surface area (Å²) in [5, 5.41) is 1.92. The van der Waals surface area contributed by atoms with Crippen molar-refractivity contribution in [2.24, 2.45) is 0 Å². The monoisotopic (exact) mass is 487 g/mol. The van der Waals surface area contributed by atoms with Crippen LogP contribution in [0.25, 0.3) is 10.8 Å². The molecule has 7 nitrogen and oxygen atoms in total. The lowest BCUT2D eigenvalue weighted by Gasteiger charge is -2.35. The van der Waals surface area contributed by atoms with E-state index in [1.165, 1.54) is 16.6 Å². The van der Waals surface area contributed by atoms with Gasteiger partial charge in [-0.05, 0) is 52.7 Å². The summed E-state index contributed by atoms with van der Waals surface area (Å²) in [6, 6.07) is 23.8. The van der Waals surface area contributed by atoms with Crippen LogP contribution in [0.3, 0.4) is 0 Å². The van der Waals surface area contributed by atoms with Crippen molar-refractivity contribution in [3.8, 4) is 0 Å². The van der Waals surface area contributed by atoms with Crippen LogP contribution in [0.4, 0.5) is 5.69 Å². The molecule has 1 aromatic heterocycles. The molecule has 0 saturated carbocycles. The van der Waals surface area contributed by atoms with Crippen LogP contribution in [0.15, 0.2) is 94.7 Å². The van der Waals surface area contributed by atoms with E-state index >= 15 is 0 Å². The molecule has 178 valence electrons. The first-order valence-electron chi connectivity index (χ1n) is 11.5. The van der Waals surface area contributed by atoms with E-state index in [0.29, 0.717) is 31.1 Å². The van der Waals surface area contributed by atoms with Gasteiger partial charge in [0.1, 0.15) is 0 Å². The maximum absolute atomic E-state index is 13.2. The van der Waals surface area contributed by atoms with Crippen molar-refractivity contribution >= 4 is 32.3 Å². The van der Waals surface area contributed by atoms with Crippen molar-refractivity contribution < 1.29 is 13.2 Å². The number of hydrogen-bond donors (Lipinski definition) is 1. The van der Waals surface area contributed by atoms with Gasteiger partial charge in [-0.25, -0.2) is 8.42 Å². The number of sulfonamides is 1. The van der Waals surface area contributed by atoms with Crippen LogP contribution in [-0.2, 0) is 16.4 Å². The Balaban J connectivity index is 1.23. The second-order valence-corrected chi connectivity index (χ2v) is 10.5. The smallest absolute Gasteiger partial charge is 0.258 e. The number of Topliss-reactive ketones (excluding diaryl/α,β-unsaturated/α-hetero) is 1. The van der Waals surface area contributed by atoms with Gasteiger partial charge in [0.05, 0.1) is 10.5 Å². The number of piperazine rings is 1. The summed E-state index contributed by atoms with van der Waals surface area (Å²) in [6.07, 6.45) is 1.64. The Morgan fingerprint density at radius 3 is 2.26 bits per heavy atom. The first kappa shape index (κ1) is 23.0. The average molecular weight is 488 g/mol. The van der Waals surface area contributed by atoms with E-state index in [-0.39, 0.29) is 23.3 Å². The van der Waals surface area contributed by atoms with Crippen molar-refractivity contribution in [1.82, 2.24) is 9.29 Å². The molecule has 0 bridgehead atoms. The molecule has 0 unspecified atom stereocenters. The van der Waals surface area contributed by atoms with Gasteiger partial charge in [-0.2, -0.15) is 4.31 Å². The quantitative estimate of drug-likeness (QED) is 0.421. The SMILES string of the molecule is O=C(Cc1ccc(N2CCN(S(=O)(=O)c3ccc4ccccc4c3)CC2)cc1)c1ccc[nH]c1=O. The average Bonchev–Trinajstić information content (AvgIpc) is 2.89. The molecular formula is C27H25N3O4S. The predicted octanol–water partition coefficient (Wildman–Crippen LogP) is 3.46. The van der Waals surface area contributed by atoms with Crippen LogP contribution in [0, 0.1) is 0 Å². The first-order valence-corrected chi connectivity index (χ1v) is 12.9. The number of carbonyl (C=O) groups is 1. The van der Waals surface area contributed by atoms with Crippen molar-refractivity contribution in [1.29, 1.82) is 0 Å². The zero-order chi connectivity index (χ0) is 24.4. The van der Waals surface area contributed by atoms with Crippen LogP contribution >= 0.6 is 0 Å². The van der Waals surface area contributed by atoms with Gasteiger partial charge in [-0.15, -0.1) is 0 Å². The van der Waals surface area contributed by atoms with Gasteiger partial charge in [0.25, 0.3) is 5.56 Å². The number of rotatable bonds is 6. The van der Waals surface area contributed by atoms with E-state index in [4.69, 9.17) is 0 Å². The molecule has 5 rings (SSSR count). The molecule has 3 aromatic carbocycles. The highest BCUT2D eigenvalue weighted by Crippen LogP contribution is 2.24. The molecule has 0 amide bonds. The van der Waals surface area contributed by atoms with E-state index < -0.39 is 10.0 Å². The largest absolute Gasteiger partial charge is 0.369 e. The number of fused-ring (bicyclic) bond motifs is 1. The molecule has 0 atom stereocenters. The third-order valence-corrected chi connectivity index (χ3v) is 8.28. The minimum Gasteiger partial charge on any atom is -0.369 e. The number of carbonyl (C=O) groups excluding carboxylic acids is 1. The molecule has 1 aliphatic heterocycles. The van der Waals surface area contributed by atoms with E-state index in [2.05, 4.69) is 9.88 Å². The number of benzene rings is 3. The Bertz CT molecular complexity index is 1540. The highest BCUT2D eigenvalue weighted by atomic mass is 32.2. The minimum absolute atomic E-state index is 0.144. The number of pyridine rings is 1. The summed E-state index contributed by atoms with van der Waals surface area (Å²) in [7, 11) is -3.57. The number of aromatic nitrogens is 1. The van der Waals surface area contributed by atoms with Gasteiger partial charge in [0.15, 0.2) is 5.78 Å². The molecule has 4 aromatic rings. The number of ketones is 1.